The standard InChI is InChI=1S/C9H19N3O2S2/c1-8(2)10-9(15)11-4-6-12(7-5-11)16(3,13)14/h8H,4-7H2,1-3H3,(H,10,15). The Bertz CT molecular complexity index is 346. The Morgan fingerprint density at radius 2 is 1.75 bits per heavy atom. The second kappa shape index (κ2) is 5.29. The molecule has 0 unspecified atom stereocenters. The fourth-order valence-corrected chi connectivity index (χ4v) is 2.81. The largest absolute Gasteiger partial charge is 0.360 e. The Balaban J connectivity index is 2.46. The van der Waals surface area contributed by atoms with Crippen LogP contribution in [0.1, 0.15) is 13.8 Å². The minimum atomic E-state index is -3.06. The van der Waals surface area contributed by atoms with E-state index in [-0.39, 0.29) is 0 Å². The maximum Gasteiger partial charge on any atom is 0.211 e. The lowest BCUT2D eigenvalue weighted by atomic mass is 10.3. The van der Waals surface area contributed by atoms with E-state index in [0.717, 1.165) is 0 Å². The number of hydrogen-bond acceptors (Lipinski definition) is 3. The molecule has 1 aliphatic heterocycles. The number of hydrogen-bond donors (Lipinski definition) is 1. The molecule has 0 aliphatic carbocycles. The highest BCUT2D eigenvalue weighted by molar-refractivity contribution is 7.88. The summed E-state index contributed by atoms with van der Waals surface area (Å²) >= 11 is 5.23. The molecule has 0 radical (unpaired) electrons. The van der Waals surface area contributed by atoms with E-state index >= 15 is 0 Å². The summed E-state index contributed by atoms with van der Waals surface area (Å²) in [6.45, 7) is 6.40. The van der Waals surface area contributed by atoms with Gasteiger partial charge in [-0.1, -0.05) is 0 Å². The number of rotatable bonds is 2. The SMILES string of the molecule is CC(C)NC(=S)N1CCN(S(C)(=O)=O)CC1. The van der Waals surface area contributed by atoms with E-state index < -0.39 is 10.0 Å². The molecule has 1 rings (SSSR count). The van der Waals surface area contributed by atoms with Gasteiger partial charge in [0.1, 0.15) is 0 Å². The highest BCUT2D eigenvalue weighted by Gasteiger charge is 2.24. The van der Waals surface area contributed by atoms with Crippen molar-refractivity contribution in [3.05, 3.63) is 0 Å². The van der Waals surface area contributed by atoms with Crippen molar-refractivity contribution in [3.63, 3.8) is 0 Å². The van der Waals surface area contributed by atoms with Crippen LogP contribution >= 0.6 is 12.2 Å². The second-order valence-electron chi connectivity index (χ2n) is 4.25. The van der Waals surface area contributed by atoms with E-state index in [0.29, 0.717) is 37.3 Å². The van der Waals surface area contributed by atoms with Crippen LogP contribution in [-0.2, 0) is 10.0 Å². The molecule has 0 saturated carbocycles. The Hall–Kier alpha value is -0.400. The molecule has 0 spiro atoms. The molecule has 5 nitrogen and oxygen atoms in total. The minimum absolute atomic E-state index is 0.306. The van der Waals surface area contributed by atoms with Gasteiger partial charge in [0.2, 0.25) is 10.0 Å². The van der Waals surface area contributed by atoms with Crippen LogP contribution in [0.3, 0.4) is 0 Å². The number of nitrogens with one attached hydrogen (secondary N) is 1. The van der Waals surface area contributed by atoms with Crippen molar-refractivity contribution in [2.45, 2.75) is 19.9 Å². The summed E-state index contributed by atoms with van der Waals surface area (Å²) in [7, 11) is -3.06. The van der Waals surface area contributed by atoms with Crippen LogP contribution in [0, 0.1) is 0 Å². The van der Waals surface area contributed by atoms with E-state index in [1.807, 2.05) is 18.7 Å². The number of sulfonamides is 1. The first-order valence-electron chi connectivity index (χ1n) is 5.31. The molecule has 94 valence electrons. The highest BCUT2D eigenvalue weighted by atomic mass is 32.2. The van der Waals surface area contributed by atoms with Gasteiger partial charge >= 0.3 is 0 Å². The quantitative estimate of drug-likeness (QED) is 0.704. The lowest BCUT2D eigenvalue weighted by Crippen LogP contribution is -2.53. The fraction of sp³-hybridized carbons (Fsp3) is 0.889. The predicted molar refractivity (Wildman–Crippen MR) is 68.9 cm³/mol. The minimum Gasteiger partial charge on any atom is -0.360 e. The first-order chi connectivity index (χ1) is 7.30. The van der Waals surface area contributed by atoms with Crippen LogP contribution in [0.4, 0.5) is 0 Å². The van der Waals surface area contributed by atoms with Crippen LogP contribution in [0.25, 0.3) is 0 Å². The van der Waals surface area contributed by atoms with E-state index in [9.17, 15) is 8.42 Å². The molecule has 0 aromatic rings. The first-order valence-corrected chi connectivity index (χ1v) is 7.57. The van der Waals surface area contributed by atoms with Crippen LogP contribution < -0.4 is 5.32 Å². The normalized spacial score (nSPS) is 18.9. The van der Waals surface area contributed by atoms with Crippen molar-refractivity contribution in [1.82, 2.24) is 14.5 Å². The zero-order valence-electron chi connectivity index (χ0n) is 9.93. The summed E-state index contributed by atoms with van der Waals surface area (Å²) in [5, 5.41) is 3.87. The van der Waals surface area contributed by atoms with Gasteiger partial charge in [0.05, 0.1) is 6.26 Å². The third-order valence-corrected chi connectivity index (χ3v) is 4.09. The average Bonchev–Trinajstić information content (AvgIpc) is 2.15. The lowest BCUT2D eigenvalue weighted by molar-refractivity contribution is 0.264. The zero-order valence-corrected chi connectivity index (χ0v) is 11.6. The molecule has 1 saturated heterocycles. The lowest BCUT2D eigenvalue weighted by Gasteiger charge is -2.35. The van der Waals surface area contributed by atoms with Crippen molar-refractivity contribution >= 4 is 27.4 Å². The van der Waals surface area contributed by atoms with Gasteiger partial charge in [-0.15, -0.1) is 0 Å². The summed E-state index contributed by atoms with van der Waals surface area (Å²) in [5.74, 6) is 0. The van der Waals surface area contributed by atoms with E-state index in [1.165, 1.54) is 10.6 Å². The maximum atomic E-state index is 11.3. The molecule has 0 atom stereocenters. The molecule has 0 aromatic heterocycles. The maximum absolute atomic E-state index is 11.3. The van der Waals surface area contributed by atoms with Crippen LogP contribution in [0.2, 0.25) is 0 Å². The summed E-state index contributed by atoms with van der Waals surface area (Å²) in [6.07, 6.45) is 1.24. The third-order valence-electron chi connectivity index (χ3n) is 2.41. The van der Waals surface area contributed by atoms with Gasteiger partial charge in [-0.05, 0) is 26.1 Å². The molecule has 0 bridgehead atoms. The van der Waals surface area contributed by atoms with Gasteiger partial charge < -0.3 is 10.2 Å². The van der Waals surface area contributed by atoms with Crippen LogP contribution in [0.5, 0.6) is 0 Å². The van der Waals surface area contributed by atoms with E-state index in [2.05, 4.69) is 5.32 Å². The summed E-state index contributed by atoms with van der Waals surface area (Å²) in [6, 6.07) is 0.306. The van der Waals surface area contributed by atoms with Crippen molar-refractivity contribution in [1.29, 1.82) is 0 Å². The molecule has 1 heterocycles. The van der Waals surface area contributed by atoms with Crippen molar-refractivity contribution in [2.75, 3.05) is 32.4 Å². The molecule has 1 fully saturated rings. The summed E-state index contributed by atoms with van der Waals surface area (Å²) < 4.78 is 24.1. The topological polar surface area (TPSA) is 52.6 Å². The molecule has 0 amide bonds. The Labute approximate surface area is 103 Å². The number of nitrogens with zero attached hydrogens (tertiary/aromatic N) is 2. The average molecular weight is 265 g/mol. The Kier molecular flexibility index (Phi) is 4.52. The van der Waals surface area contributed by atoms with Crippen molar-refractivity contribution in [3.8, 4) is 0 Å². The van der Waals surface area contributed by atoms with Crippen molar-refractivity contribution < 1.29 is 8.42 Å². The second-order valence-corrected chi connectivity index (χ2v) is 6.62. The van der Waals surface area contributed by atoms with Crippen molar-refractivity contribution in [2.24, 2.45) is 0 Å². The predicted octanol–water partition coefficient (Wildman–Crippen LogP) is -0.153. The van der Waals surface area contributed by atoms with Gasteiger partial charge in [-0.2, -0.15) is 4.31 Å². The van der Waals surface area contributed by atoms with Gasteiger partial charge in [0.15, 0.2) is 5.11 Å². The molecule has 1 N–H and O–H groups in total. The smallest absolute Gasteiger partial charge is 0.211 e. The molecule has 1 aliphatic rings. The Morgan fingerprint density at radius 1 is 1.25 bits per heavy atom. The van der Waals surface area contributed by atoms with Gasteiger partial charge in [0.25, 0.3) is 0 Å². The third kappa shape index (κ3) is 3.88. The van der Waals surface area contributed by atoms with E-state index in [1.54, 1.807) is 0 Å². The molecule has 0 aromatic carbocycles. The van der Waals surface area contributed by atoms with Gasteiger partial charge in [-0.3, -0.25) is 0 Å². The molecule has 16 heavy (non-hydrogen) atoms. The highest BCUT2D eigenvalue weighted by Crippen LogP contribution is 2.06. The first kappa shape index (κ1) is 13.7. The van der Waals surface area contributed by atoms with Gasteiger partial charge in [-0.25, -0.2) is 8.42 Å². The molecular weight excluding hydrogens is 246 g/mol. The molecular formula is C9H19N3O2S2. The van der Waals surface area contributed by atoms with Crippen LogP contribution in [0.15, 0.2) is 0 Å². The molecule has 7 heteroatoms. The summed E-state index contributed by atoms with van der Waals surface area (Å²) in [4.78, 5) is 2.01. The number of thiocarbonyl (C=S) groups is 1. The van der Waals surface area contributed by atoms with E-state index in [4.69, 9.17) is 12.2 Å². The monoisotopic (exact) mass is 265 g/mol. The zero-order chi connectivity index (χ0) is 12.3. The number of piperazine rings is 1. The fourth-order valence-electron chi connectivity index (χ4n) is 1.56. The summed E-state index contributed by atoms with van der Waals surface area (Å²) in [5.41, 5.74) is 0. The van der Waals surface area contributed by atoms with Crippen LogP contribution in [-0.4, -0.2) is 61.2 Å². The Morgan fingerprint density at radius 3 is 2.12 bits per heavy atom. The van der Waals surface area contributed by atoms with Gasteiger partial charge in [0, 0.05) is 32.2 Å².